The smallest absolute Gasteiger partial charge is 0.305 e. The third-order valence-corrected chi connectivity index (χ3v) is 3.41. The summed E-state index contributed by atoms with van der Waals surface area (Å²) in [7, 11) is 0. The van der Waals surface area contributed by atoms with Crippen molar-refractivity contribution in [3.05, 3.63) is 11.4 Å². The summed E-state index contributed by atoms with van der Waals surface area (Å²) >= 11 is 0. The molecule has 1 heterocycles. The second-order valence-electron chi connectivity index (χ2n) is 4.92. The molecule has 0 aliphatic heterocycles. The molecule has 1 aromatic heterocycles. The Labute approximate surface area is 112 Å². The molecule has 1 fully saturated rings. The first-order valence-corrected chi connectivity index (χ1v) is 6.84. The van der Waals surface area contributed by atoms with E-state index in [1.54, 1.807) is 0 Å². The molecule has 1 aliphatic carbocycles. The van der Waals surface area contributed by atoms with Gasteiger partial charge in [0.2, 0.25) is 5.95 Å². The summed E-state index contributed by atoms with van der Waals surface area (Å²) in [4.78, 5) is 15.3. The maximum atomic E-state index is 10.9. The average molecular weight is 264 g/mol. The van der Waals surface area contributed by atoms with Crippen LogP contribution in [0.3, 0.4) is 0 Å². The Morgan fingerprint density at radius 1 is 1.32 bits per heavy atom. The minimum atomic E-state index is -0.793. The lowest BCUT2D eigenvalue weighted by Gasteiger charge is -2.16. The van der Waals surface area contributed by atoms with Crippen molar-refractivity contribution < 1.29 is 9.90 Å². The van der Waals surface area contributed by atoms with Crippen molar-refractivity contribution in [1.29, 1.82) is 0 Å². The molecule has 6 nitrogen and oxygen atoms in total. The number of rotatable bonds is 7. The van der Waals surface area contributed by atoms with Crippen molar-refractivity contribution in [3.8, 4) is 0 Å². The van der Waals surface area contributed by atoms with Crippen LogP contribution in [0.25, 0.3) is 0 Å². The summed E-state index contributed by atoms with van der Waals surface area (Å²) in [6, 6.07) is -0.0866. The van der Waals surface area contributed by atoms with E-state index in [0.717, 1.165) is 37.1 Å². The molecule has 0 bridgehead atoms. The highest BCUT2D eigenvalue weighted by molar-refractivity contribution is 5.68. The fourth-order valence-electron chi connectivity index (χ4n) is 2.19. The molecule has 2 rings (SSSR count). The molecule has 0 aromatic carbocycles. The number of aromatic nitrogens is 3. The number of aliphatic carboxylic acids is 1. The number of carbonyl (C=O) groups is 1. The van der Waals surface area contributed by atoms with Crippen molar-refractivity contribution in [2.45, 2.75) is 52.0 Å². The fourth-order valence-corrected chi connectivity index (χ4v) is 2.19. The van der Waals surface area contributed by atoms with E-state index in [1.807, 2.05) is 13.8 Å². The highest BCUT2D eigenvalue weighted by Crippen LogP contribution is 2.35. The van der Waals surface area contributed by atoms with E-state index in [-0.39, 0.29) is 12.5 Å². The Morgan fingerprint density at radius 3 is 2.53 bits per heavy atom. The zero-order valence-electron chi connectivity index (χ0n) is 11.4. The molecule has 0 radical (unpaired) electrons. The first kappa shape index (κ1) is 13.7. The number of hydrogen-bond acceptors (Lipinski definition) is 5. The highest BCUT2D eigenvalue weighted by atomic mass is 16.4. The van der Waals surface area contributed by atoms with Gasteiger partial charge in [0.25, 0.3) is 0 Å². The lowest BCUT2D eigenvalue weighted by molar-refractivity contribution is -0.137. The van der Waals surface area contributed by atoms with Crippen LogP contribution in [0.2, 0.25) is 0 Å². The zero-order chi connectivity index (χ0) is 13.8. The highest BCUT2D eigenvalue weighted by Gasteiger charge is 2.33. The monoisotopic (exact) mass is 264 g/mol. The molecule has 19 heavy (non-hydrogen) atoms. The number of hydrogen-bond donors (Lipinski definition) is 2. The second-order valence-corrected chi connectivity index (χ2v) is 4.92. The summed E-state index contributed by atoms with van der Waals surface area (Å²) < 4.78 is 0. The Hall–Kier alpha value is -1.72. The summed E-state index contributed by atoms with van der Waals surface area (Å²) in [5, 5.41) is 20.3. The van der Waals surface area contributed by atoms with E-state index in [9.17, 15) is 4.79 Å². The number of nitrogens with one attached hydrogen (secondary N) is 1. The van der Waals surface area contributed by atoms with Gasteiger partial charge < -0.3 is 10.4 Å². The van der Waals surface area contributed by atoms with Gasteiger partial charge in [-0.1, -0.05) is 13.8 Å². The van der Waals surface area contributed by atoms with Gasteiger partial charge in [-0.2, -0.15) is 5.10 Å². The Balaban J connectivity index is 2.10. The molecule has 0 amide bonds. The topological polar surface area (TPSA) is 88.0 Å². The van der Waals surface area contributed by atoms with Crippen molar-refractivity contribution >= 4 is 11.9 Å². The molecule has 0 saturated heterocycles. The van der Waals surface area contributed by atoms with Crippen LogP contribution < -0.4 is 5.32 Å². The van der Waals surface area contributed by atoms with Gasteiger partial charge in [-0.3, -0.25) is 4.79 Å². The van der Waals surface area contributed by atoms with Crippen molar-refractivity contribution in [2.75, 3.05) is 5.32 Å². The minimum Gasteiger partial charge on any atom is -0.481 e. The summed E-state index contributed by atoms with van der Waals surface area (Å²) in [5.74, 6) is 0.0843. The number of anilines is 1. The van der Waals surface area contributed by atoms with Crippen molar-refractivity contribution in [3.63, 3.8) is 0 Å². The van der Waals surface area contributed by atoms with Crippen LogP contribution in [-0.2, 0) is 17.6 Å². The predicted octanol–water partition coefficient (Wildman–Crippen LogP) is 1.66. The van der Waals surface area contributed by atoms with Crippen LogP contribution in [0.4, 0.5) is 5.95 Å². The van der Waals surface area contributed by atoms with Gasteiger partial charge in [-0.05, 0) is 31.6 Å². The van der Waals surface area contributed by atoms with Crippen LogP contribution in [0.5, 0.6) is 0 Å². The van der Waals surface area contributed by atoms with Gasteiger partial charge in [-0.15, -0.1) is 5.10 Å². The van der Waals surface area contributed by atoms with Crippen LogP contribution in [0.1, 0.15) is 44.5 Å². The normalized spacial score (nSPS) is 16.1. The van der Waals surface area contributed by atoms with E-state index in [0.29, 0.717) is 11.9 Å². The Morgan fingerprint density at radius 2 is 2.00 bits per heavy atom. The van der Waals surface area contributed by atoms with Crippen LogP contribution in [0, 0.1) is 5.92 Å². The van der Waals surface area contributed by atoms with Gasteiger partial charge in [0.15, 0.2) is 0 Å². The van der Waals surface area contributed by atoms with Gasteiger partial charge >= 0.3 is 5.97 Å². The number of carboxylic acids is 1. The van der Waals surface area contributed by atoms with E-state index in [1.165, 1.54) is 0 Å². The summed E-state index contributed by atoms with van der Waals surface area (Å²) in [6.07, 6.45) is 3.87. The second kappa shape index (κ2) is 5.95. The minimum absolute atomic E-state index is 0.0866. The molecule has 1 saturated carbocycles. The molecule has 1 aliphatic rings. The molecule has 6 heteroatoms. The third kappa shape index (κ3) is 3.62. The van der Waals surface area contributed by atoms with E-state index >= 15 is 0 Å². The molecule has 1 atom stereocenters. The largest absolute Gasteiger partial charge is 0.481 e. The molecule has 2 N–H and O–H groups in total. The SMILES string of the molecule is CCc1nnc(NC(CC(=O)O)C2CC2)nc1CC. The molecule has 1 unspecified atom stereocenters. The molecular formula is C13H20N4O2. The maximum absolute atomic E-state index is 10.9. The Bertz CT molecular complexity index is 460. The molecule has 0 spiro atoms. The maximum Gasteiger partial charge on any atom is 0.305 e. The van der Waals surface area contributed by atoms with Crippen molar-refractivity contribution in [2.24, 2.45) is 5.92 Å². The van der Waals surface area contributed by atoms with Gasteiger partial charge in [0.05, 0.1) is 17.8 Å². The predicted molar refractivity (Wildman–Crippen MR) is 71.0 cm³/mol. The van der Waals surface area contributed by atoms with Crippen molar-refractivity contribution in [1.82, 2.24) is 15.2 Å². The van der Waals surface area contributed by atoms with Gasteiger partial charge in [0, 0.05) is 6.04 Å². The average Bonchev–Trinajstić information content (AvgIpc) is 3.21. The fraction of sp³-hybridized carbons (Fsp3) is 0.692. The summed E-state index contributed by atoms with van der Waals surface area (Å²) in [5.41, 5.74) is 1.85. The first-order valence-electron chi connectivity index (χ1n) is 6.84. The van der Waals surface area contributed by atoms with Crippen LogP contribution in [0.15, 0.2) is 0 Å². The van der Waals surface area contributed by atoms with E-state index < -0.39 is 5.97 Å². The van der Waals surface area contributed by atoms with Gasteiger partial charge in [-0.25, -0.2) is 4.98 Å². The zero-order valence-corrected chi connectivity index (χ0v) is 11.4. The summed E-state index contributed by atoms with van der Waals surface area (Å²) in [6.45, 7) is 4.05. The first-order chi connectivity index (χ1) is 9.13. The van der Waals surface area contributed by atoms with Crippen LogP contribution >= 0.6 is 0 Å². The standard InChI is InChI=1S/C13H20N4O2/c1-3-9-10(4-2)16-17-13(14-9)15-11(7-12(18)19)8-5-6-8/h8,11H,3-7H2,1-2H3,(H,18,19)(H,14,15,17). The van der Waals surface area contributed by atoms with E-state index in [2.05, 4.69) is 20.5 Å². The number of nitrogens with zero attached hydrogens (tertiary/aromatic N) is 3. The molecule has 104 valence electrons. The number of aryl methyl sites for hydroxylation is 2. The quantitative estimate of drug-likeness (QED) is 0.778. The van der Waals surface area contributed by atoms with Crippen LogP contribution in [-0.4, -0.2) is 32.3 Å². The third-order valence-electron chi connectivity index (χ3n) is 3.41. The lowest BCUT2D eigenvalue weighted by atomic mass is 10.1. The lowest BCUT2D eigenvalue weighted by Crippen LogP contribution is -2.27. The van der Waals surface area contributed by atoms with Gasteiger partial charge in [0.1, 0.15) is 0 Å². The van der Waals surface area contributed by atoms with E-state index in [4.69, 9.17) is 5.11 Å². The molecular weight excluding hydrogens is 244 g/mol. The molecule has 1 aromatic rings. The number of carboxylic acid groups (broad SMARTS) is 1. The Kier molecular flexibility index (Phi) is 4.29.